The Labute approximate surface area is 89.9 Å². The highest BCUT2D eigenvalue weighted by molar-refractivity contribution is 9.10. The lowest BCUT2D eigenvalue weighted by Gasteiger charge is -2.05. The van der Waals surface area contributed by atoms with E-state index in [2.05, 4.69) is 63.6 Å². The summed E-state index contributed by atoms with van der Waals surface area (Å²) in [5, 5.41) is 0.814. The molecule has 0 bridgehead atoms. The summed E-state index contributed by atoms with van der Waals surface area (Å²) in [5.74, 6) is 0. The smallest absolute Gasteiger partial charge is 0.0283 e. The normalized spacial score (nSPS) is 9.92. The molecule has 0 aliphatic rings. The van der Waals surface area contributed by atoms with Crippen molar-refractivity contribution in [3.8, 4) is 0 Å². The first-order valence-corrected chi connectivity index (χ1v) is 5.57. The van der Waals surface area contributed by atoms with Gasteiger partial charge in [0.15, 0.2) is 0 Å². The highest BCUT2D eigenvalue weighted by Gasteiger charge is 2.01. The summed E-state index contributed by atoms with van der Waals surface area (Å²) in [4.78, 5) is 0. The minimum absolute atomic E-state index is 0.814. The molecule has 0 aliphatic carbocycles. The second-order valence-electron chi connectivity index (χ2n) is 2.72. The fourth-order valence-corrected chi connectivity index (χ4v) is 2.05. The van der Waals surface area contributed by atoms with Crippen molar-refractivity contribution in [2.75, 3.05) is 5.33 Å². The first kappa shape index (κ1) is 10.0. The van der Waals surface area contributed by atoms with Gasteiger partial charge in [-0.3, -0.25) is 0 Å². The van der Waals surface area contributed by atoms with Crippen molar-refractivity contribution in [2.24, 2.45) is 0 Å². The van der Waals surface area contributed by atoms with Crippen LogP contribution >= 0.6 is 31.9 Å². The molecule has 0 aromatic heterocycles. The van der Waals surface area contributed by atoms with Crippen LogP contribution in [-0.2, 0) is 0 Å². The maximum absolute atomic E-state index is 3.96. The van der Waals surface area contributed by atoms with Crippen molar-refractivity contribution in [3.05, 3.63) is 40.4 Å². The van der Waals surface area contributed by atoms with E-state index in [1.54, 1.807) is 0 Å². The van der Waals surface area contributed by atoms with Crippen LogP contribution in [0.25, 0.3) is 5.57 Å². The van der Waals surface area contributed by atoms with Gasteiger partial charge in [0, 0.05) is 9.80 Å². The average Bonchev–Trinajstić information content (AvgIpc) is 2.03. The SMILES string of the molecule is C=C(CBr)c1ccc(C)cc1Br. The van der Waals surface area contributed by atoms with Crippen molar-refractivity contribution >= 4 is 37.4 Å². The van der Waals surface area contributed by atoms with Crippen LogP contribution in [0.3, 0.4) is 0 Å². The predicted molar refractivity (Wildman–Crippen MR) is 61.7 cm³/mol. The van der Waals surface area contributed by atoms with Gasteiger partial charge in [-0.1, -0.05) is 50.6 Å². The molecule has 1 aromatic rings. The average molecular weight is 290 g/mol. The molecule has 1 rings (SSSR count). The lowest BCUT2D eigenvalue weighted by molar-refractivity contribution is 1.42. The molecule has 0 unspecified atom stereocenters. The van der Waals surface area contributed by atoms with Gasteiger partial charge >= 0.3 is 0 Å². The topological polar surface area (TPSA) is 0 Å². The summed E-state index contributed by atoms with van der Waals surface area (Å²) in [7, 11) is 0. The van der Waals surface area contributed by atoms with E-state index in [1.165, 1.54) is 11.1 Å². The molecule has 12 heavy (non-hydrogen) atoms. The second kappa shape index (κ2) is 4.24. The molecule has 0 nitrogen and oxygen atoms in total. The number of benzene rings is 1. The van der Waals surface area contributed by atoms with Crippen molar-refractivity contribution in [3.63, 3.8) is 0 Å². The molecule has 0 spiro atoms. The van der Waals surface area contributed by atoms with E-state index >= 15 is 0 Å². The minimum Gasteiger partial charge on any atom is -0.0943 e. The molecule has 0 amide bonds. The van der Waals surface area contributed by atoms with Gasteiger partial charge in [0.05, 0.1) is 0 Å². The molecule has 0 N–H and O–H groups in total. The largest absolute Gasteiger partial charge is 0.0943 e. The lowest BCUT2D eigenvalue weighted by atomic mass is 10.1. The van der Waals surface area contributed by atoms with E-state index in [4.69, 9.17) is 0 Å². The number of alkyl halides is 1. The van der Waals surface area contributed by atoms with Crippen molar-refractivity contribution < 1.29 is 0 Å². The Bertz CT molecular complexity index is 303. The van der Waals surface area contributed by atoms with E-state index in [1.807, 2.05) is 0 Å². The summed E-state index contributed by atoms with van der Waals surface area (Å²) in [6.45, 7) is 6.03. The number of halogens is 2. The van der Waals surface area contributed by atoms with Crippen LogP contribution in [0, 0.1) is 6.92 Å². The van der Waals surface area contributed by atoms with Crippen LogP contribution < -0.4 is 0 Å². The third-order valence-corrected chi connectivity index (χ3v) is 3.00. The monoisotopic (exact) mass is 288 g/mol. The van der Waals surface area contributed by atoms with Crippen LogP contribution in [0.15, 0.2) is 29.3 Å². The second-order valence-corrected chi connectivity index (χ2v) is 4.14. The molecular formula is C10H10Br2. The van der Waals surface area contributed by atoms with Gasteiger partial charge in [-0.25, -0.2) is 0 Å². The Kier molecular flexibility index (Phi) is 3.53. The van der Waals surface area contributed by atoms with E-state index < -0.39 is 0 Å². The number of allylic oxidation sites excluding steroid dienone is 1. The van der Waals surface area contributed by atoms with Gasteiger partial charge in [0.1, 0.15) is 0 Å². The fraction of sp³-hybridized carbons (Fsp3) is 0.200. The molecule has 0 atom stereocenters. The summed E-state index contributed by atoms with van der Waals surface area (Å²) in [6.07, 6.45) is 0. The molecule has 64 valence electrons. The Morgan fingerprint density at radius 1 is 1.50 bits per heavy atom. The van der Waals surface area contributed by atoms with E-state index in [0.29, 0.717) is 0 Å². The van der Waals surface area contributed by atoms with Crippen molar-refractivity contribution in [1.29, 1.82) is 0 Å². The molecule has 0 radical (unpaired) electrons. The Balaban J connectivity index is 3.09. The van der Waals surface area contributed by atoms with E-state index in [-0.39, 0.29) is 0 Å². The van der Waals surface area contributed by atoms with Crippen molar-refractivity contribution in [1.82, 2.24) is 0 Å². The zero-order chi connectivity index (χ0) is 9.14. The number of aryl methyl sites for hydroxylation is 1. The Hall–Kier alpha value is -0.0800. The minimum atomic E-state index is 0.814. The summed E-state index contributed by atoms with van der Waals surface area (Å²) in [5.41, 5.74) is 3.53. The molecule has 0 saturated carbocycles. The summed E-state index contributed by atoms with van der Waals surface area (Å²) in [6, 6.07) is 6.28. The van der Waals surface area contributed by atoms with Crippen LogP contribution in [0.4, 0.5) is 0 Å². The first-order chi connectivity index (χ1) is 5.65. The van der Waals surface area contributed by atoms with Gasteiger partial charge < -0.3 is 0 Å². The number of hydrogen-bond acceptors (Lipinski definition) is 0. The number of hydrogen-bond donors (Lipinski definition) is 0. The first-order valence-electron chi connectivity index (χ1n) is 3.65. The molecule has 0 fully saturated rings. The predicted octanol–water partition coefficient (Wildman–Crippen LogP) is 4.17. The molecule has 0 aliphatic heterocycles. The third-order valence-electron chi connectivity index (χ3n) is 1.67. The zero-order valence-corrected chi connectivity index (χ0v) is 10.1. The fourth-order valence-electron chi connectivity index (χ4n) is 0.979. The summed E-state index contributed by atoms with van der Waals surface area (Å²) >= 11 is 6.89. The number of rotatable bonds is 2. The summed E-state index contributed by atoms with van der Waals surface area (Å²) < 4.78 is 1.12. The molecule has 1 aromatic carbocycles. The lowest BCUT2D eigenvalue weighted by Crippen LogP contribution is -1.86. The molecule has 0 saturated heterocycles. The standard InChI is InChI=1S/C10H10Br2/c1-7-3-4-9(8(2)6-11)10(12)5-7/h3-5H,2,6H2,1H3. The van der Waals surface area contributed by atoms with Crippen LogP contribution in [0.1, 0.15) is 11.1 Å². The van der Waals surface area contributed by atoms with Crippen LogP contribution in [0.5, 0.6) is 0 Å². The van der Waals surface area contributed by atoms with E-state index in [0.717, 1.165) is 15.4 Å². The van der Waals surface area contributed by atoms with Gasteiger partial charge in [-0.2, -0.15) is 0 Å². The Morgan fingerprint density at radius 3 is 2.67 bits per heavy atom. The highest BCUT2D eigenvalue weighted by Crippen LogP contribution is 2.25. The maximum atomic E-state index is 3.96. The maximum Gasteiger partial charge on any atom is 0.0283 e. The van der Waals surface area contributed by atoms with E-state index in [9.17, 15) is 0 Å². The quantitative estimate of drug-likeness (QED) is 0.717. The highest BCUT2D eigenvalue weighted by atomic mass is 79.9. The van der Waals surface area contributed by atoms with Gasteiger partial charge in [-0.15, -0.1) is 0 Å². The Morgan fingerprint density at radius 2 is 2.17 bits per heavy atom. The molecular weight excluding hydrogens is 280 g/mol. The van der Waals surface area contributed by atoms with Gasteiger partial charge in [0.2, 0.25) is 0 Å². The third kappa shape index (κ3) is 2.20. The van der Waals surface area contributed by atoms with Crippen LogP contribution in [0.2, 0.25) is 0 Å². The zero-order valence-electron chi connectivity index (χ0n) is 6.90. The van der Waals surface area contributed by atoms with Crippen molar-refractivity contribution in [2.45, 2.75) is 6.92 Å². The van der Waals surface area contributed by atoms with Gasteiger partial charge in [-0.05, 0) is 29.7 Å². The molecule has 2 heteroatoms. The van der Waals surface area contributed by atoms with Crippen LogP contribution in [-0.4, -0.2) is 5.33 Å². The van der Waals surface area contributed by atoms with Gasteiger partial charge in [0.25, 0.3) is 0 Å². The molecule has 0 heterocycles.